The SMILES string of the molecule is CCC(CC)C(=O)N1CCCC1C(=O)N[C@H](Cc1ccc2ccccc2c1)C(=O)OC. The number of rotatable bonds is 8. The second kappa shape index (κ2) is 10.4. The van der Waals surface area contributed by atoms with Gasteiger partial charge in [0.15, 0.2) is 0 Å². The molecule has 1 unspecified atom stereocenters. The minimum absolute atomic E-state index is 0.0341. The first-order valence-electron chi connectivity index (χ1n) is 11.1. The van der Waals surface area contributed by atoms with Crippen molar-refractivity contribution in [3.05, 3.63) is 48.0 Å². The van der Waals surface area contributed by atoms with Gasteiger partial charge in [0.1, 0.15) is 12.1 Å². The van der Waals surface area contributed by atoms with E-state index >= 15 is 0 Å². The van der Waals surface area contributed by atoms with Gasteiger partial charge in [-0.15, -0.1) is 0 Å². The number of hydrogen-bond acceptors (Lipinski definition) is 4. The Morgan fingerprint density at radius 3 is 2.48 bits per heavy atom. The summed E-state index contributed by atoms with van der Waals surface area (Å²) in [6, 6.07) is 12.7. The number of carbonyl (C=O) groups excluding carboxylic acids is 3. The quantitative estimate of drug-likeness (QED) is 0.659. The minimum atomic E-state index is -0.802. The normalized spacial score (nSPS) is 17.0. The summed E-state index contributed by atoms with van der Waals surface area (Å²) in [5, 5.41) is 5.05. The molecule has 31 heavy (non-hydrogen) atoms. The van der Waals surface area contributed by atoms with Crippen LogP contribution in [-0.2, 0) is 25.5 Å². The van der Waals surface area contributed by atoms with Crippen LogP contribution in [0.1, 0.15) is 45.1 Å². The minimum Gasteiger partial charge on any atom is -0.467 e. The number of amides is 2. The van der Waals surface area contributed by atoms with Crippen LogP contribution in [0.2, 0.25) is 0 Å². The number of methoxy groups -OCH3 is 1. The molecular formula is C25H32N2O4. The van der Waals surface area contributed by atoms with Gasteiger partial charge in [0.25, 0.3) is 0 Å². The van der Waals surface area contributed by atoms with Gasteiger partial charge in [-0.3, -0.25) is 9.59 Å². The van der Waals surface area contributed by atoms with E-state index < -0.39 is 18.1 Å². The molecule has 0 spiro atoms. The van der Waals surface area contributed by atoms with E-state index in [9.17, 15) is 14.4 Å². The average Bonchev–Trinajstić information content (AvgIpc) is 3.29. The number of esters is 1. The number of benzene rings is 2. The van der Waals surface area contributed by atoms with Gasteiger partial charge in [-0.2, -0.15) is 0 Å². The van der Waals surface area contributed by atoms with Crippen LogP contribution in [0.15, 0.2) is 42.5 Å². The molecule has 1 heterocycles. The highest BCUT2D eigenvalue weighted by Gasteiger charge is 2.37. The van der Waals surface area contributed by atoms with Crippen LogP contribution in [0.5, 0.6) is 0 Å². The van der Waals surface area contributed by atoms with Crippen LogP contribution in [0, 0.1) is 5.92 Å². The Morgan fingerprint density at radius 2 is 1.81 bits per heavy atom. The summed E-state index contributed by atoms with van der Waals surface area (Å²) < 4.78 is 4.95. The molecule has 6 nitrogen and oxygen atoms in total. The zero-order valence-corrected chi connectivity index (χ0v) is 18.6. The Hall–Kier alpha value is -2.89. The number of fused-ring (bicyclic) bond motifs is 1. The topological polar surface area (TPSA) is 75.7 Å². The van der Waals surface area contributed by atoms with E-state index in [4.69, 9.17) is 4.74 Å². The second-order valence-corrected chi connectivity index (χ2v) is 8.17. The van der Waals surface area contributed by atoms with E-state index in [1.165, 1.54) is 7.11 Å². The predicted octanol–water partition coefficient (Wildman–Crippen LogP) is 3.47. The van der Waals surface area contributed by atoms with E-state index in [2.05, 4.69) is 5.32 Å². The third-order valence-electron chi connectivity index (χ3n) is 6.23. The summed E-state index contributed by atoms with van der Waals surface area (Å²) in [6.07, 6.45) is 3.25. The zero-order valence-electron chi connectivity index (χ0n) is 18.6. The van der Waals surface area contributed by atoms with Crippen molar-refractivity contribution in [3.8, 4) is 0 Å². The van der Waals surface area contributed by atoms with Crippen molar-refractivity contribution >= 4 is 28.6 Å². The number of likely N-dealkylation sites (tertiary alicyclic amines) is 1. The summed E-state index contributed by atoms with van der Waals surface area (Å²) in [7, 11) is 1.32. The van der Waals surface area contributed by atoms with Crippen molar-refractivity contribution in [1.29, 1.82) is 0 Å². The van der Waals surface area contributed by atoms with Crippen molar-refractivity contribution in [2.24, 2.45) is 5.92 Å². The fourth-order valence-electron chi connectivity index (χ4n) is 4.38. The lowest BCUT2D eigenvalue weighted by molar-refractivity contribution is -0.146. The van der Waals surface area contributed by atoms with Gasteiger partial charge < -0.3 is 15.0 Å². The van der Waals surface area contributed by atoms with E-state index in [1.54, 1.807) is 4.90 Å². The Kier molecular flexibility index (Phi) is 7.66. The van der Waals surface area contributed by atoms with E-state index in [-0.39, 0.29) is 17.7 Å². The molecule has 6 heteroatoms. The maximum absolute atomic E-state index is 13.1. The highest BCUT2D eigenvalue weighted by Crippen LogP contribution is 2.23. The second-order valence-electron chi connectivity index (χ2n) is 8.17. The largest absolute Gasteiger partial charge is 0.467 e. The Morgan fingerprint density at radius 1 is 1.10 bits per heavy atom. The predicted molar refractivity (Wildman–Crippen MR) is 120 cm³/mol. The molecule has 1 fully saturated rings. The first-order valence-corrected chi connectivity index (χ1v) is 11.1. The fraction of sp³-hybridized carbons (Fsp3) is 0.480. The molecular weight excluding hydrogens is 392 g/mol. The van der Waals surface area contributed by atoms with E-state index in [0.717, 1.165) is 35.6 Å². The summed E-state index contributed by atoms with van der Waals surface area (Å²) in [4.78, 5) is 40.1. The molecule has 166 valence electrons. The Bertz CT molecular complexity index is 938. The molecule has 0 aliphatic carbocycles. The molecule has 2 amide bonds. The third kappa shape index (κ3) is 5.24. The summed E-state index contributed by atoms with van der Waals surface area (Å²) >= 11 is 0. The zero-order chi connectivity index (χ0) is 22.4. The highest BCUT2D eigenvalue weighted by molar-refractivity contribution is 5.92. The first-order chi connectivity index (χ1) is 15.0. The van der Waals surface area contributed by atoms with Gasteiger partial charge in [-0.25, -0.2) is 4.79 Å². The van der Waals surface area contributed by atoms with Gasteiger partial charge in [-0.1, -0.05) is 56.3 Å². The van der Waals surface area contributed by atoms with Gasteiger partial charge in [0.05, 0.1) is 7.11 Å². The maximum Gasteiger partial charge on any atom is 0.328 e. The van der Waals surface area contributed by atoms with Crippen LogP contribution in [0.4, 0.5) is 0 Å². The monoisotopic (exact) mass is 424 g/mol. The third-order valence-corrected chi connectivity index (χ3v) is 6.23. The highest BCUT2D eigenvalue weighted by atomic mass is 16.5. The van der Waals surface area contributed by atoms with Crippen LogP contribution < -0.4 is 5.32 Å². The lowest BCUT2D eigenvalue weighted by atomic mass is 10.0. The van der Waals surface area contributed by atoms with Crippen LogP contribution >= 0.6 is 0 Å². The first kappa shape index (κ1) is 22.8. The maximum atomic E-state index is 13.1. The molecule has 1 N–H and O–H groups in total. The smallest absolute Gasteiger partial charge is 0.328 e. The average molecular weight is 425 g/mol. The summed E-state index contributed by atoms with van der Waals surface area (Å²) in [5.41, 5.74) is 0.936. The van der Waals surface area contributed by atoms with Crippen molar-refractivity contribution in [2.75, 3.05) is 13.7 Å². The lowest BCUT2D eigenvalue weighted by Gasteiger charge is -2.28. The van der Waals surface area contributed by atoms with E-state index in [0.29, 0.717) is 19.4 Å². The number of hydrogen-bond donors (Lipinski definition) is 1. The van der Waals surface area contributed by atoms with Crippen molar-refractivity contribution < 1.29 is 19.1 Å². The summed E-state index contributed by atoms with van der Waals surface area (Å²) in [6.45, 7) is 4.57. The van der Waals surface area contributed by atoms with Crippen LogP contribution in [-0.4, -0.2) is 48.4 Å². The van der Waals surface area contributed by atoms with Gasteiger partial charge in [0, 0.05) is 18.9 Å². The Labute approximate surface area is 183 Å². The number of nitrogens with one attached hydrogen (secondary N) is 1. The molecule has 0 bridgehead atoms. The molecule has 2 atom stereocenters. The molecule has 2 aromatic rings. The van der Waals surface area contributed by atoms with Crippen molar-refractivity contribution in [3.63, 3.8) is 0 Å². The Balaban J connectivity index is 1.74. The fourth-order valence-corrected chi connectivity index (χ4v) is 4.38. The standard InChI is InChI=1S/C25H32N2O4/c1-4-18(5-2)24(29)27-14-8-11-22(27)23(28)26-21(25(30)31-3)16-17-12-13-19-9-6-7-10-20(19)15-17/h6-7,9-10,12-13,15,18,21-22H,4-5,8,11,14,16H2,1-3H3,(H,26,28)/t21-,22?/m1/s1. The molecule has 0 radical (unpaired) electrons. The van der Waals surface area contributed by atoms with Crippen molar-refractivity contribution in [1.82, 2.24) is 10.2 Å². The van der Waals surface area contributed by atoms with Gasteiger partial charge in [-0.05, 0) is 42.0 Å². The van der Waals surface area contributed by atoms with Crippen molar-refractivity contribution in [2.45, 2.75) is 58.0 Å². The van der Waals surface area contributed by atoms with Gasteiger partial charge >= 0.3 is 5.97 Å². The molecule has 1 aliphatic rings. The molecule has 0 saturated carbocycles. The number of carbonyl (C=O) groups is 3. The molecule has 1 saturated heterocycles. The van der Waals surface area contributed by atoms with E-state index in [1.807, 2.05) is 56.3 Å². The summed E-state index contributed by atoms with van der Waals surface area (Å²) in [5.74, 6) is -0.806. The number of ether oxygens (including phenoxy) is 1. The molecule has 0 aromatic heterocycles. The van der Waals surface area contributed by atoms with Gasteiger partial charge in [0.2, 0.25) is 11.8 Å². The van der Waals surface area contributed by atoms with Crippen LogP contribution in [0.25, 0.3) is 10.8 Å². The lowest BCUT2D eigenvalue weighted by Crippen LogP contribution is -2.52. The van der Waals surface area contributed by atoms with Crippen LogP contribution in [0.3, 0.4) is 0 Å². The molecule has 2 aromatic carbocycles. The molecule has 3 rings (SSSR count). The number of nitrogens with zero attached hydrogens (tertiary/aromatic N) is 1. The molecule has 1 aliphatic heterocycles.